The minimum atomic E-state index is -0.452. The Morgan fingerprint density at radius 2 is 1.37 bits per heavy atom. The lowest BCUT2D eigenvalue weighted by Gasteiger charge is -2.23. The highest BCUT2D eigenvalue weighted by atomic mass is 16.3. The summed E-state index contributed by atoms with van der Waals surface area (Å²) in [5, 5.41) is 15.4. The number of amidine groups is 2. The van der Waals surface area contributed by atoms with Crippen molar-refractivity contribution in [3.63, 3.8) is 0 Å². The Morgan fingerprint density at radius 1 is 0.628 bits per heavy atom. The summed E-state index contributed by atoms with van der Waals surface area (Å²) >= 11 is 0. The Hall–Kier alpha value is -5.68. The molecule has 0 saturated heterocycles. The van der Waals surface area contributed by atoms with Gasteiger partial charge in [-0.15, -0.1) is 0 Å². The van der Waals surface area contributed by atoms with E-state index < -0.39 is 6.17 Å². The molecule has 2 aliphatic rings. The van der Waals surface area contributed by atoms with E-state index >= 15 is 0 Å². The maximum absolute atomic E-state index is 6.20. The summed E-state index contributed by atoms with van der Waals surface area (Å²) in [7, 11) is 0. The van der Waals surface area contributed by atoms with Crippen LogP contribution in [0.5, 0.6) is 0 Å². The molecule has 5 heteroatoms. The summed E-state index contributed by atoms with van der Waals surface area (Å²) in [6.45, 7) is 0.750. The summed E-state index contributed by atoms with van der Waals surface area (Å²) < 4.78 is 6.20. The van der Waals surface area contributed by atoms with Gasteiger partial charge in [0.15, 0.2) is 6.17 Å². The average Bonchev–Trinajstić information content (AvgIpc) is 3.47. The maximum Gasteiger partial charge on any atom is 0.201 e. The van der Waals surface area contributed by atoms with Crippen LogP contribution in [0.3, 0.4) is 0 Å². The molecule has 5 nitrogen and oxygen atoms in total. The highest BCUT2D eigenvalue weighted by molar-refractivity contribution is 6.24. The zero-order valence-corrected chi connectivity index (χ0v) is 23.2. The first-order valence-electron chi connectivity index (χ1n) is 14.6. The largest absolute Gasteiger partial charge is 0.440 e. The summed E-state index contributed by atoms with van der Waals surface area (Å²) in [5.74, 6) is 2.39. The van der Waals surface area contributed by atoms with E-state index in [4.69, 9.17) is 14.4 Å². The second kappa shape index (κ2) is 9.43. The fourth-order valence-electron chi connectivity index (χ4n) is 6.57. The van der Waals surface area contributed by atoms with Crippen LogP contribution in [0.15, 0.2) is 136 Å². The fraction of sp³-hybridized carbons (Fsp3) is 0.0526. The molecular formula is C38H26N4O. The van der Waals surface area contributed by atoms with Gasteiger partial charge in [-0.1, -0.05) is 121 Å². The summed E-state index contributed by atoms with van der Waals surface area (Å²) in [5.41, 5.74) is 4.95. The molecule has 0 fully saturated rings. The van der Waals surface area contributed by atoms with Crippen LogP contribution >= 0.6 is 0 Å². The third kappa shape index (κ3) is 3.78. The third-order valence-corrected chi connectivity index (χ3v) is 8.55. The Balaban J connectivity index is 1.26. The smallest absolute Gasteiger partial charge is 0.201 e. The van der Waals surface area contributed by atoms with Gasteiger partial charge in [0.25, 0.3) is 0 Å². The van der Waals surface area contributed by atoms with Gasteiger partial charge in [-0.3, -0.25) is 0 Å². The number of nitrogens with zero attached hydrogens (tertiary/aromatic N) is 2. The Kier molecular flexibility index (Phi) is 5.26. The number of anilines is 1. The number of fused-ring (bicyclic) bond motifs is 8. The minimum Gasteiger partial charge on any atom is -0.440 e. The molecule has 6 aromatic carbocycles. The van der Waals surface area contributed by atoms with E-state index in [0.717, 1.165) is 62.7 Å². The van der Waals surface area contributed by atoms with Gasteiger partial charge in [-0.05, 0) is 38.4 Å². The average molecular weight is 555 g/mol. The number of furan rings is 1. The van der Waals surface area contributed by atoms with Crippen molar-refractivity contribution in [2.75, 3.05) is 11.9 Å². The number of benzene rings is 6. The quantitative estimate of drug-likeness (QED) is 0.215. The van der Waals surface area contributed by atoms with Crippen molar-refractivity contribution in [1.82, 2.24) is 5.32 Å². The monoisotopic (exact) mass is 554 g/mol. The molecule has 0 spiro atoms. The minimum absolute atomic E-state index is 0.452. The van der Waals surface area contributed by atoms with Gasteiger partial charge in [0.1, 0.15) is 17.3 Å². The van der Waals surface area contributed by atoms with Crippen LogP contribution in [0.25, 0.3) is 49.4 Å². The van der Waals surface area contributed by atoms with Gasteiger partial charge >= 0.3 is 0 Å². The van der Waals surface area contributed by atoms with Gasteiger partial charge < -0.3 is 15.1 Å². The lowest BCUT2D eigenvalue weighted by atomic mass is 9.94. The molecule has 43 heavy (non-hydrogen) atoms. The van der Waals surface area contributed by atoms with Crippen molar-refractivity contribution in [2.45, 2.75) is 6.17 Å². The van der Waals surface area contributed by atoms with Gasteiger partial charge in [-0.2, -0.15) is 0 Å². The SMILES string of the molecule is C1=Cc2c(oc3cccc(C4N=C(c5ccccc5)NC(c5cccc6c5ccc5c7ccccc7ccc65)=N4)c23)NC1. The zero-order chi connectivity index (χ0) is 28.3. The molecule has 1 atom stereocenters. The number of hydrogen-bond acceptors (Lipinski definition) is 5. The molecular weight excluding hydrogens is 528 g/mol. The van der Waals surface area contributed by atoms with Crippen molar-refractivity contribution in [1.29, 1.82) is 0 Å². The first-order chi connectivity index (χ1) is 21.3. The van der Waals surface area contributed by atoms with Crippen LogP contribution in [-0.4, -0.2) is 18.2 Å². The van der Waals surface area contributed by atoms with Crippen LogP contribution in [0.1, 0.15) is 28.4 Å². The van der Waals surface area contributed by atoms with Crippen LogP contribution in [0, 0.1) is 0 Å². The standard InChI is InChI=1S/C38H26N4O/c1-2-10-24(11-3-1)35-40-36(42-37(41-35)31-15-7-17-33-34(31)32-16-8-22-39-38(32)43-33)30-14-6-13-26-28-19-18-23-9-4-5-12-25(23)27(28)20-21-29(26)30/h1-21,37,39H,22H2,(H,40,41,42). The third-order valence-electron chi connectivity index (χ3n) is 8.55. The second-order valence-electron chi connectivity index (χ2n) is 11.0. The van der Waals surface area contributed by atoms with Gasteiger partial charge in [0, 0.05) is 34.2 Å². The molecule has 0 saturated carbocycles. The van der Waals surface area contributed by atoms with E-state index in [1.54, 1.807) is 0 Å². The van der Waals surface area contributed by atoms with E-state index in [-0.39, 0.29) is 0 Å². The summed E-state index contributed by atoms with van der Waals surface area (Å²) in [4.78, 5) is 10.5. The predicted octanol–water partition coefficient (Wildman–Crippen LogP) is 8.83. The van der Waals surface area contributed by atoms with Crippen molar-refractivity contribution in [3.05, 3.63) is 144 Å². The van der Waals surface area contributed by atoms with Gasteiger partial charge in [-0.25, -0.2) is 9.98 Å². The topological polar surface area (TPSA) is 61.9 Å². The number of rotatable bonds is 3. The van der Waals surface area contributed by atoms with E-state index in [9.17, 15) is 0 Å². The van der Waals surface area contributed by atoms with E-state index in [1.807, 2.05) is 30.3 Å². The first-order valence-corrected chi connectivity index (χ1v) is 14.6. The molecule has 3 heterocycles. The lowest BCUT2D eigenvalue weighted by Crippen LogP contribution is -2.36. The Morgan fingerprint density at radius 3 is 2.33 bits per heavy atom. The van der Waals surface area contributed by atoms with Crippen LogP contribution < -0.4 is 10.6 Å². The van der Waals surface area contributed by atoms with Crippen molar-refractivity contribution < 1.29 is 4.42 Å². The second-order valence-corrected chi connectivity index (χ2v) is 11.0. The highest BCUT2D eigenvalue weighted by Gasteiger charge is 2.26. The lowest BCUT2D eigenvalue weighted by molar-refractivity contribution is 0.627. The molecule has 0 amide bonds. The van der Waals surface area contributed by atoms with Crippen molar-refractivity contribution in [3.8, 4) is 0 Å². The highest BCUT2D eigenvalue weighted by Crippen LogP contribution is 2.40. The van der Waals surface area contributed by atoms with Crippen molar-refractivity contribution >= 4 is 66.9 Å². The zero-order valence-electron chi connectivity index (χ0n) is 23.2. The molecule has 1 aromatic heterocycles. The Bertz CT molecular complexity index is 2330. The molecule has 204 valence electrons. The van der Waals surface area contributed by atoms with Crippen LogP contribution in [0.2, 0.25) is 0 Å². The first kappa shape index (κ1) is 24.0. The van der Waals surface area contributed by atoms with Crippen LogP contribution in [-0.2, 0) is 0 Å². The maximum atomic E-state index is 6.20. The predicted molar refractivity (Wildman–Crippen MR) is 178 cm³/mol. The molecule has 0 radical (unpaired) electrons. The van der Waals surface area contributed by atoms with Crippen molar-refractivity contribution in [2.24, 2.45) is 9.98 Å². The number of hydrogen-bond donors (Lipinski definition) is 2. The molecule has 0 bridgehead atoms. The molecule has 9 rings (SSSR count). The molecule has 2 aliphatic heterocycles. The number of nitrogens with one attached hydrogen (secondary N) is 2. The van der Waals surface area contributed by atoms with E-state index in [1.165, 1.54) is 26.9 Å². The molecule has 1 unspecified atom stereocenters. The van der Waals surface area contributed by atoms with Gasteiger partial charge in [0.05, 0.1) is 0 Å². The number of aliphatic imine (C=N–C) groups is 2. The normalized spacial score (nSPS) is 16.1. The molecule has 2 N–H and O–H groups in total. The molecule has 7 aromatic rings. The van der Waals surface area contributed by atoms with Gasteiger partial charge in [0.2, 0.25) is 5.88 Å². The Labute approximate surface area is 247 Å². The summed E-state index contributed by atoms with van der Waals surface area (Å²) in [6.07, 6.45) is 3.80. The molecule has 0 aliphatic carbocycles. The summed E-state index contributed by atoms with van der Waals surface area (Å²) in [6, 6.07) is 40.4. The van der Waals surface area contributed by atoms with E-state index in [2.05, 4.69) is 108 Å². The van der Waals surface area contributed by atoms with E-state index in [0.29, 0.717) is 0 Å². The van der Waals surface area contributed by atoms with Crippen LogP contribution in [0.4, 0.5) is 5.88 Å². The fourth-order valence-corrected chi connectivity index (χ4v) is 6.57.